The Morgan fingerprint density at radius 2 is 1.97 bits per heavy atom. The third-order valence-electron chi connectivity index (χ3n) is 4.67. The topological polar surface area (TPSA) is 123 Å². The summed E-state index contributed by atoms with van der Waals surface area (Å²) >= 11 is 1.02. The quantitative estimate of drug-likeness (QED) is 0.508. The van der Waals surface area contributed by atoms with E-state index in [-0.39, 0.29) is 60.1 Å². The van der Waals surface area contributed by atoms with Crippen LogP contribution in [0.15, 0.2) is 49.7 Å². The number of aromatic nitrogens is 1. The molecule has 0 spiro atoms. The van der Waals surface area contributed by atoms with Crippen LogP contribution in [0.25, 0.3) is 10.6 Å². The Labute approximate surface area is 182 Å². The van der Waals surface area contributed by atoms with Crippen LogP contribution >= 0.6 is 11.3 Å². The second-order valence-corrected chi connectivity index (χ2v) is 9.84. The van der Waals surface area contributed by atoms with E-state index in [2.05, 4.69) is 5.16 Å². The summed E-state index contributed by atoms with van der Waals surface area (Å²) in [5.74, 6) is -0.358. The standard InChI is InChI=1S/C19H19N3O7S2/c1-2-27-19(24)13-12-15(29-20-13)16-5-6-17(30-16)31(25,26)22-9-7-21(8-10-22)18(23)14-4-3-11-28-14/h3-6,11-12H,2,7-10H2,1H3. The van der Waals surface area contributed by atoms with Gasteiger partial charge < -0.3 is 18.6 Å². The third kappa shape index (κ3) is 4.27. The number of hydrogen-bond acceptors (Lipinski definition) is 9. The van der Waals surface area contributed by atoms with E-state index in [1.165, 1.54) is 22.7 Å². The normalized spacial score (nSPS) is 15.2. The molecule has 3 aromatic heterocycles. The molecular formula is C19H19N3O7S2. The van der Waals surface area contributed by atoms with Crippen molar-refractivity contribution in [2.24, 2.45) is 0 Å². The van der Waals surface area contributed by atoms with Gasteiger partial charge in [-0.3, -0.25) is 4.79 Å². The predicted octanol–water partition coefficient (Wildman–Crippen LogP) is 2.32. The fraction of sp³-hybridized carbons (Fsp3) is 0.316. The molecule has 12 heteroatoms. The van der Waals surface area contributed by atoms with Crippen molar-refractivity contribution in [3.8, 4) is 10.6 Å². The average molecular weight is 466 g/mol. The molecule has 1 aliphatic heterocycles. The van der Waals surface area contributed by atoms with E-state index in [9.17, 15) is 18.0 Å². The van der Waals surface area contributed by atoms with Crippen LogP contribution in [-0.4, -0.2) is 67.4 Å². The molecule has 31 heavy (non-hydrogen) atoms. The molecule has 4 heterocycles. The molecule has 10 nitrogen and oxygen atoms in total. The highest BCUT2D eigenvalue weighted by Gasteiger charge is 2.32. The highest BCUT2D eigenvalue weighted by molar-refractivity contribution is 7.91. The summed E-state index contributed by atoms with van der Waals surface area (Å²) in [6, 6.07) is 7.72. The third-order valence-corrected chi connectivity index (χ3v) is 8.14. The molecule has 0 radical (unpaired) electrons. The number of amides is 1. The fourth-order valence-electron chi connectivity index (χ4n) is 3.10. The number of furan rings is 1. The van der Waals surface area contributed by atoms with Crippen LogP contribution in [0.2, 0.25) is 0 Å². The molecule has 0 aliphatic carbocycles. The van der Waals surface area contributed by atoms with Crippen molar-refractivity contribution in [2.75, 3.05) is 32.8 Å². The summed E-state index contributed by atoms with van der Waals surface area (Å²) in [4.78, 5) is 26.2. The zero-order valence-corrected chi connectivity index (χ0v) is 18.1. The Kier molecular flexibility index (Phi) is 5.94. The number of sulfonamides is 1. The van der Waals surface area contributed by atoms with Gasteiger partial charge in [-0.25, -0.2) is 13.2 Å². The smallest absolute Gasteiger partial charge is 0.360 e. The van der Waals surface area contributed by atoms with Crippen LogP contribution in [0.4, 0.5) is 0 Å². The Bertz CT molecular complexity index is 1170. The first-order chi connectivity index (χ1) is 14.9. The van der Waals surface area contributed by atoms with Crippen molar-refractivity contribution in [1.29, 1.82) is 0 Å². The number of hydrogen-bond donors (Lipinski definition) is 0. The molecule has 0 saturated carbocycles. The average Bonchev–Trinajstić information content (AvgIpc) is 3.54. The molecule has 0 atom stereocenters. The van der Waals surface area contributed by atoms with Crippen molar-refractivity contribution in [2.45, 2.75) is 11.1 Å². The molecule has 1 amide bonds. The largest absolute Gasteiger partial charge is 0.461 e. The van der Waals surface area contributed by atoms with E-state index in [1.807, 2.05) is 0 Å². The zero-order valence-electron chi connectivity index (χ0n) is 16.5. The molecule has 164 valence electrons. The minimum atomic E-state index is -3.73. The van der Waals surface area contributed by atoms with E-state index in [4.69, 9.17) is 13.7 Å². The molecule has 0 N–H and O–H groups in total. The van der Waals surface area contributed by atoms with Crippen molar-refractivity contribution in [3.63, 3.8) is 0 Å². The monoisotopic (exact) mass is 465 g/mol. The first-order valence-electron chi connectivity index (χ1n) is 9.47. The molecule has 3 aromatic rings. The summed E-state index contributed by atoms with van der Waals surface area (Å²) < 4.78 is 42.7. The van der Waals surface area contributed by atoms with Crippen LogP contribution in [0.5, 0.6) is 0 Å². The Morgan fingerprint density at radius 1 is 1.19 bits per heavy atom. The maximum Gasteiger partial charge on any atom is 0.360 e. The van der Waals surface area contributed by atoms with Crippen LogP contribution in [0.3, 0.4) is 0 Å². The molecule has 0 unspecified atom stereocenters. The number of rotatable bonds is 6. The van der Waals surface area contributed by atoms with E-state index in [0.29, 0.717) is 4.88 Å². The van der Waals surface area contributed by atoms with Crippen LogP contribution in [0, 0.1) is 0 Å². The second-order valence-electron chi connectivity index (χ2n) is 6.59. The number of ether oxygens (including phenoxy) is 1. The van der Waals surface area contributed by atoms with Gasteiger partial charge in [-0.1, -0.05) is 5.16 Å². The molecule has 0 aromatic carbocycles. The first kappa shape index (κ1) is 21.3. The summed E-state index contributed by atoms with van der Waals surface area (Å²) in [7, 11) is -3.73. The van der Waals surface area contributed by atoms with Crippen molar-refractivity contribution in [1.82, 2.24) is 14.4 Å². The van der Waals surface area contributed by atoms with E-state index < -0.39 is 16.0 Å². The van der Waals surface area contributed by atoms with Crippen molar-refractivity contribution in [3.05, 3.63) is 48.0 Å². The number of esters is 1. The van der Waals surface area contributed by atoms with Gasteiger partial charge in [-0.05, 0) is 31.2 Å². The Balaban J connectivity index is 1.44. The van der Waals surface area contributed by atoms with Crippen LogP contribution in [-0.2, 0) is 14.8 Å². The van der Waals surface area contributed by atoms with Gasteiger partial charge in [0.2, 0.25) is 0 Å². The summed E-state index contributed by atoms with van der Waals surface area (Å²) in [5, 5.41) is 3.67. The molecular weight excluding hydrogens is 446 g/mol. The maximum atomic E-state index is 13.0. The van der Waals surface area contributed by atoms with Crippen LogP contribution in [0.1, 0.15) is 28.0 Å². The number of carbonyl (C=O) groups is 2. The second kappa shape index (κ2) is 8.65. The Hall–Kier alpha value is -2.96. The first-order valence-corrected chi connectivity index (χ1v) is 11.7. The lowest BCUT2D eigenvalue weighted by atomic mass is 10.3. The fourth-order valence-corrected chi connectivity index (χ4v) is 5.93. The molecule has 1 saturated heterocycles. The van der Waals surface area contributed by atoms with Gasteiger partial charge in [0.1, 0.15) is 4.21 Å². The minimum absolute atomic E-state index is 0.0204. The number of carbonyl (C=O) groups excluding carboxylic acids is 2. The summed E-state index contributed by atoms with van der Waals surface area (Å²) in [6.45, 7) is 2.78. The summed E-state index contributed by atoms with van der Waals surface area (Å²) in [5.41, 5.74) is 0.0204. The van der Waals surface area contributed by atoms with Gasteiger partial charge in [0.15, 0.2) is 17.2 Å². The summed E-state index contributed by atoms with van der Waals surface area (Å²) in [6.07, 6.45) is 1.42. The highest BCUT2D eigenvalue weighted by atomic mass is 32.2. The van der Waals surface area contributed by atoms with E-state index in [1.54, 1.807) is 30.0 Å². The van der Waals surface area contributed by atoms with Gasteiger partial charge in [-0.15, -0.1) is 11.3 Å². The van der Waals surface area contributed by atoms with Crippen LogP contribution < -0.4 is 0 Å². The van der Waals surface area contributed by atoms with Gasteiger partial charge in [0.25, 0.3) is 15.9 Å². The molecule has 1 fully saturated rings. The van der Waals surface area contributed by atoms with E-state index in [0.717, 1.165) is 11.3 Å². The lowest BCUT2D eigenvalue weighted by Gasteiger charge is -2.33. The van der Waals surface area contributed by atoms with E-state index >= 15 is 0 Å². The maximum absolute atomic E-state index is 13.0. The van der Waals surface area contributed by atoms with Gasteiger partial charge in [0, 0.05) is 32.2 Å². The Morgan fingerprint density at radius 3 is 2.65 bits per heavy atom. The molecule has 0 bridgehead atoms. The highest BCUT2D eigenvalue weighted by Crippen LogP contribution is 2.33. The molecule has 1 aliphatic rings. The lowest BCUT2D eigenvalue weighted by Crippen LogP contribution is -2.50. The predicted molar refractivity (Wildman–Crippen MR) is 109 cm³/mol. The van der Waals surface area contributed by atoms with Crippen molar-refractivity contribution < 1.29 is 31.7 Å². The number of nitrogens with zero attached hydrogens (tertiary/aromatic N) is 3. The number of thiophene rings is 1. The van der Waals surface area contributed by atoms with Crippen molar-refractivity contribution >= 4 is 33.2 Å². The molecule has 4 rings (SSSR count). The zero-order chi connectivity index (χ0) is 22.0. The minimum Gasteiger partial charge on any atom is -0.461 e. The van der Waals surface area contributed by atoms with Gasteiger partial charge in [-0.2, -0.15) is 4.31 Å². The lowest BCUT2D eigenvalue weighted by molar-refractivity contribution is 0.0514. The SMILES string of the molecule is CCOC(=O)c1cc(-c2ccc(S(=O)(=O)N3CCN(C(=O)c4ccco4)CC3)s2)on1. The van der Waals surface area contributed by atoms with Gasteiger partial charge >= 0.3 is 5.97 Å². The number of piperazine rings is 1. The van der Waals surface area contributed by atoms with Gasteiger partial charge in [0.05, 0.1) is 17.7 Å².